The summed E-state index contributed by atoms with van der Waals surface area (Å²) in [7, 11) is 10.0. The largest absolute Gasteiger partial charge is 0.497 e. The molecule has 0 heterocycles. The van der Waals surface area contributed by atoms with E-state index in [1.54, 1.807) is 42.7 Å². The van der Waals surface area contributed by atoms with Crippen LogP contribution >= 0.6 is 31.9 Å². The van der Waals surface area contributed by atoms with Gasteiger partial charge < -0.3 is 28.4 Å². The predicted octanol–water partition coefficient (Wildman–Crippen LogP) is 9.33. The summed E-state index contributed by atoms with van der Waals surface area (Å²) in [6, 6.07) is 22.1. The molecule has 0 N–H and O–H groups in total. The van der Waals surface area contributed by atoms with Crippen molar-refractivity contribution in [1.82, 2.24) is 0 Å². The minimum absolute atomic E-state index is 0.169. The first-order valence-corrected chi connectivity index (χ1v) is 15.2. The molecular formula is C35H36Br2O6. The number of hydrogen-bond acceptors (Lipinski definition) is 6. The Labute approximate surface area is 270 Å². The van der Waals surface area contributed by atoms with E-state index in [0.717, 1.165) is 66.6 Å². The maximum absolute atomic E-state index is 5.81. The van der Waals surface area contributed by atoms with Crippen molar-refractivity contribution in [3.05, 3.63) is 103 Å². The van der Waals surface area contributed by atoms with Gasteiger partial charge in [0.05, 0.1) is 51.6 Å². The zero-order chi connectivity index (χ0) is 31.1. The molecule has 0 saturated carbocycles. The second-order valence-electron chi connectivity index (χ2n) is 9.82. The summed E-state index contributed by atoms with van der Waals surface area (Å²) in [6.45, 7) is 2.00. The highest BCUT2D eigenvalue weighted by molar-refractivity contribution is 9.11. The first kappa shape index (κ1) is 32.3. The van der Waals surface area contributed by atoms with E-state index >= 15 is 0 Å². The van der Waals surface area contributed by atoms with Crippen molar-refractivity contribution in [3.63, 3.8) is 0 Å². The van der Waals surface area contributed by atoms with E-state index in [-0.39, 0.29) is 5.92 Å². The quantitative estimate of drug-likeness (QED) is 0.182. The van der Waals surface area contributed by atoms with Crippen LogP contribution in [0.15, 0.2) is 75.7 Å². The summed E-state index contributed by atoms with van der Waals surface area (Å²) >= 11 is 7.22. The molecule has 8 heteroatoms. The standard InChI is InChI=1S/C26H25BrO4.C9H11BrO2/c1-28-19-9-5-16(6-10-19)13-18-14-21(17-7-11-20(29-2)12-8-17)25-22(30-3)15-23(31-4)26(27)24(18)25;1-6-4-7(11-2)5-8(12-3)9(6)10/h5-13,15,21H,14H2,1-4H3;4-5H,1-3H3/b18-13+;/t21-;/m1./s1. The van der Waals surface area contributed by atoms with Crippen molar-refractivity contribution in [2.45, 2.75) is 19.3 Å². The summed E-state index contributed by atoms with van der Waals surface area (Å²) < 4.78 is 34.2. The Bertz CT molecular complexity index is 1580. The average molecular weight is 712 g/mol. The third kappa shape index (κ3) is 7.13. The molecule has 6 nitrogen and oxygen atoms in total. The number of rotatable bonds is 8. The third-order valence-corrected chi connectivity index (χ3v) is 9.19. The molecule has 0 spiro atoms. The molecule has 0 fully saturated rings. The first-order valence-electron chi connectivity index (χ1n) is 13.6. The molecule has 4 aromatic carbocycles. The lowest BCUT2D eigenvalue weighted by molar-refractivity contribution is 0.389. The molecule has 1 aliphatic rings. The molecule has 0 aliphatic heterocycles. The van der Waals surface area contributed by atoms with Gasteiger partial charge in [0.25, 0.3) is 0 Å². The highest BCUT2D eigenvalue weighted by Crippen LogP contribution is 2.54. The minimum atomic E-state index is 0.169. The van der Waals surface area contributed by atoms with Crippen molar-refractivity contribution in [1.29, 1.82) is 0 Å². The van der Waals surface area contributed by atoms with Gasteiger partial charge in [-0.3, -0.25) is 0 Å². The Kier molecular flexibility index (Phi) is 11.0. The van der Waals surface area contributed by atoms with Crippen LogP contribution in [0.4, 0.5) is 0 Å². The molecule has 0 saturated heterocycles. The Morgan fingerprint density at radius 3 is 1.67 bits per heavy atom. The molecule has 1 aliphatic carbocycles. The van der Waals surface area contributed by atoms with Crippen LogP contribution in [0.2, 0.25) is 0 Å². The molecule has 0 aromatic heterocycles. The molecule has 0 unspecified atom stereocenters. The molecular weight excluding hydrogens is 676 g/mol. The van der Waals surface area contributed by atoms with E-state index in [1.165, 1.54) is 16.7 Å². The second kappa shape index (κ2) is 14.7. The van der Waals surface area contributed by atoms with Gasteiger partial charge in [-0.2, -0.15) is 0 Å². The van der Waals surface area contributed by atoms with E-state index in [4.69, 9.17) is 28.4 Å². The average Bonchev–Trinajstić information content (AvgIpc) is 3.42. The number of allylic oxidation sites excluding steroid dienone is 1. The van der Waals surface area contributed by atoms with Crippen molar-refractivity contribution in [2.75, 3.05) is 42.7 Å². The smallest absolute Gasteiger partial charge is 0.137 e. The first-order chi connectivity index (χ1) is 20.8. The molecule has 0 bridgehead atoms. The highest BCUT2D eigenvalue weighted by atomic mass is 79.9. The van der Waals surface area contributed by atoms with E-state index in [9.17, 15) is 0 Å². The third-order valence-electron chi connectivity index (χ3n) is 7.39. The normalized spacial score (nSPS) is 14.3. The molecule has 5 rings (SSSR count). The fourth-order valence-corrected chi connectivity index (χ4v) is 6.29. The van der Waals surface area contributed by atoms with Crippen LogP contribution in [0.3, 0.4) is 0 Å². The predicted molar refractivity (Wildman–Crippen MR) is 180 cm³/mol. The van der Waals surface area contributed by atoms with Crippen molar-refractivity contribution >= 4 is 43.5 Å². The van der Waals surface area contributed by atoms with Crippen molar-refractivity contribution < 1.29 is 28.4 Å². The zero-order valence-corrected chi connectivity index (χ0v) is 28.6. The van der Waals surface area contributed by atoms with Crippen LogP contribution in [0.5, 0.6) is 34.5 Å². The summed E-state index contributed by atoms with van der Waals surface area (Å²) in [6.07, 6.45) is 3.08. The molecule has 0 radical (unpaired) electrons. The molecule has 226 valence electrons. The van der Waals surface area contributed by atoms with Crippen LogP contribution < -0.4 is 28.4 Å². The fraction of sp³-hybridized carbons (Fsp3) is 0.257. The van der Waals surface area contributed by atoms with Crippen molar-refractivity contribution in [3.8, 4) is 34.5 Å². The van der Waals surface area contributed by atoms with Crippen LogP contribution in [-0.2, 0) is 0 Å². The van der Waals surface area contributed by atoms with Gasteiger partial charge in [0.2, 0.25) is 0 Å². The second-order valence-corrected chi connectivity index (χ2v) is 11.4. The SMILES string of the molecule is COc1cc(C)c(Br)c(OC)c1.COc1ccc(/C=C2\C[C@H](c3ccc(OC)cc3)c3c(OC)cc(OC)c(Br)c32)cc1. The maximum atomic E-state index is 5.81. The van der Waals surface area contributed by atoms with Crippen LogP contribution in [0.1, 0.15) is 40.2 Å². The number of methoxy groups -OCH3 is 6. The Hall–Kier alpha value is -3.62. The van der Waals surface area contributed by atoms with Crippen molar-refractivity contribution in [2.24, 2.45) is 0 Å². The molecule has 43 heavy (non-hydrogen) atoms. The Balaban J connectivity index is 0.000000296. The number of hydrogen-bond donors (Lipinski definition) is 0. The van der Waals surface area contributed by atoms with Crippen LogP contribution in [0, 0.1) is 6.92 Å². The number of ether oxygens (including phenoxy) is 6. The molecule has 4 aromatic rings. The van der Waals surface area contributed by atoms with E-state index in [1.807, 2.05) is 49.4 Å². The zero-order valence-electron chi connectivity index (χ0n) is 25.4. The van der Waals surface area contributed by atoms with Crippen LogP contribution in [-0.4, -0.2) is 42.7 Å². The summed E-state index contributed by atoms with van der Waals surface area (Å²) in [4.78, 5) is 0. The topological polar surface area (TPSA) is 55.4 Å². The van der Waals surface area contributed by atoms with Gasteiger partial charge >= 0.3 is 0 Å². The van der Waals surface area contributed by atoms with Gasteiger partial charge in [0.15, 0.2) is 0 Å². The molecule has 1 atom stereocenters. The van der Waals surface area contributed by atoms with E-state index in [0.29, 0.717) is 0 Å². The van der Waals surface area contributed by atoms with Gasteiger partial charge in [0.1, 0.15) is 34.5 Å². The number of fused-ring (bicyclic) bond motifs is 1. The van der Waals surface area contributed by atoms with Gasteiger partial charge in [-0.05, 0) is 97.8 Å². The lowest BCUT2D eigenvalue weighted by Crippen LogP contribution is -2.01. The fourth-order valence-electron chi connectivity index (χ4n) is 5.15. The maximum Gasteiger partial charge on any atom is 0.137 e. The Morgan fingerprint density at radius 1 is 0.605 bits per heavy atom. The van der Waals surface area contributed by atoms with E-state index in [2.05, 4.69) is 62.2 Å². The summed E-state index contributed by atoms with van der Waals surface area (Å²) in [5.74, 6) is 5.05. The number of benzene rings is 4. The lowest BCUT2D eigenvalue weighted by Gasteiger charge is -2.18. The summed E-state index contributed by atoms with van der Waals surface area (Å²) in [5, 5.41) is 0. The van der Waals surface area contributed by atoms with Gasteiger partial charge in [-0.25, -0.2) is 0 Å². The summed E-state index contributed by atoms with van der Waals surface area (Å²) in [5.41, 5.74) is 6.96. The minimum Gasteiger partial charge on any atom is -0.497 e. The van der Waals surface area contributed by atoms with Gasteiger partial charge in [-0.15, -0.1) is 0 Å². The monoisotopic (exact) mass is 710 g/mol. The highest BCUT2D eigenvalue weighted by Gasteiger charge is 2.34. The van der Waals surface area contributed by atoms with Gasteiger partial charge in [0, 0.05) is 29.2 Å². The Morgan fingerprint density at radius 2 is 1.14 bits per heavy atom. The number of halogens is 2. The van der Waals surface area contributed by atoms with Gasteiger partial charge in [-0.1, -0.05) is 30.3 Å². The number of aryl methyl sites for hydroxylation is 1. The molecule has 0 amide bonds. The lowest BCUT2D eigenvalue weighted by atomic mass is 9.92. The van der Waals surface area contributed by atoms with E-state index < -0.39 is 0 Å². The van der Waals surface area contributed by atoms with Crippen LogP contribution in [0.25, 0.3) is 11.6 Å².